The fourth-order valence-corrected chi connectivity index (χ4v) is 0. The van der Waals surface area contributed by atoms with Crippen molar-refractivity contribution in [2.24, 2.45) is 0 Å². The zero-order chi connectivity index (χ0) is 9.41. The summed E-state index contributed by atoms with van der Waals surface area (Å²) >= 11 is 0. The molecule has 0 aromatic heterocycles. The van der Waals surface area contributed by atoms with Crippen molar-refractivity contribution in [1.82, 2.24) is 0 Å². The zero-order valence-corrected chi connectivity index (χ0v) is 8.41. The van der Waals surface area contributed by atoms with Gasteiger partial charge in [0, 0.05) is 0 Å². The van der Waals surface area contributed by atoms with Gasteiger partial charge in [-0.15, -0.1) is 19.7 Å². The Kier molecular flexibility index (Phi) is 492. The lowest BCUT2D eigenvalue weighted by Crippen LogP contribution is -1.27. The van der Waals surface area contributed by atoms with Crippen molar-refractivity contribution in [2.45, 2.75) is 41.0 Å². The van der Waals surface area contributed by atoms with Crippen LogP contribution in [0, 0.1) is 0 Å². The van der Waals surface area contributed by atoms with Crippen molar-refractivity contribution in [3.05, 3.63) is 25.8 Å². The summed E-state index contributed by atoms with van der Waals surface area (Å²) in [5, 5.41) is 0. The summed E-state index contributed by atoms with van der Waals surface area (Å²) < 4.78 is 0. The SMILES string of the molecule is C=C.C=CC.CC.CCC. The van der Waals surface area contributed by atoms with Crippen LogP contribution in [0.15, 0.2) is 25.8 Å². The maximum absolute atomic E-state index is 3.36. The van der Waals surface area contributed by atoms with Gasteiger partial charge in [-0.1, -0.05) is 40.2 Å². The summed E-state index contributed by atoms with van der Waals surface area (Å²) in [4.78, 5) is 0. The Hall–Kier alpha value is -0.520. The summed E-state index contributed by atoms with van der Waals surface area (Å²) in [6.07, 6.45) is 3.00. The Bertz CT molecular complexity index is 21.2. The van der Waals surface area contributed by atoms with Crippen LogP contribution in [0.1, 0.15) is 41.0 Å². The van der Waals surface area contributed by atoms with Gasteiger partial charge < -0.3 is 0 Å². The highest BCUT2D eigenvalue weighted by Gasteiger charge is 1.35. The quantitative estimate of drug-likeness (QED) is 0.441. The number of hydrogen-bond donors (Lipinski definition) is 0. The molecule has 0 aliphatic carbocycles. The van der Waals surface area contributed by atoms with E-state index in [1.165, 1.54) is 6.42 Å². The molecule has 0 radical (unpaired) electrons. The van der Waals surface area contributed by atoms with E-state index in [-0.39, 0.29) is 0 Å². The van der Waals surface area contributed by atoms with Crippen LogP contribution in [-0.2, 0) is 0 Å². The van der Waals surface area contributed by atoms with E-state index in [0.29, 0.717) is 0 Å². The van der Waals surface area contributed by atoms with Crippen LogP contribution >= 0.6 is 0 Å². The minimum Gasteiger partial charge on any atom is -0.106 e. The molecule has 0 amide bonds. The van der Waals surface area contributed by atoms with Crippen LogP contribution in [0.5, 0.6) is 0 Å². The van der Waals surface area contributed by atoms with Crippen molar-refractivity contribution >= 4 is 0 Å². The van der Waals surface area contributed by atoms with Crippen LogP contribution in [0.25, 0.3) is 0 Å². The standard InChI is InChI=1S/C3H8.C3H6.C2H6.C2H4/c2*1-3-2;2*1-2/h3H2,1-2H3;3H,1H2,2H3;1-2H3;1-2H2. The largest absolute Gasteiger partial charge is 0.106 e. The molecule has 0 N–H and O–H groups in total. The molecule has 0 aromatic rings. The van der Waals surface area contributed by atoms with Crippen LogP contribution in [0.3, 0.4) is 0 Å². The molecule has 0 unspecified atom stereocenters. The molecular formula is C10H24. The molecule has 0 heteroatoms. The van der Waals surface area contributed by atoms with E-state index < -0.39 is 0 Å². The smallest absolute Gasteiger partial charge is 0.0473 e. The first-order chi connectivity index (χ1) is 4.83. The molecule has 0 aromatic carbocycles. The normalized spacial score (nSPS) is 4.10. The average Bonchev–Trinajstić information content (AvgIpc) is 1.99. The second-order valence-corrected chi connectivity index (χ2v) is 1.12. The second-order valence-electron chi connectivity index (χ2n) is 1.12. The summed E-state index contributed by atoms with van der Waals surface area (Å²) in [5.41, 5.74) is 0. The molecule has 0 aliphatic rings. The summed E-state index contributed by atoms with van der Waals surface area (Å²) in [6, 6.07) is 0. The summed E-state index contributed by atoms with van der Waals surface area (Å²) in [6.45, 7) is 19.5. The van der Waals surface area contributed by atoms with Crippen molar-refractivity contribution in [3.63, 3.8) is 0 Å². The summed E-state index contributed by atoms with van der Waals surface area (Å²) in [7, 11) is 0. The first-order valence-electron chi connectivity index (χ1n) is 3.90. The van der Waals surface area contributed by atoms with Crippen molar-refractivity contribution in [1.29, 1.82) is 0 Å². The van der Waals surface area contributed by atoms with Gasteiger partial charge in [-0.25, -0.2) is 0 Å². The maximum atomic E-state index is 3.36. The molecule has 0 atom stereocenters. The van der Waals surface area contributed by atoms with E-state index in [9.17, 15) is 0 Å². The Morgan fingerprint density at radius 2 is 1.10 bits per heavy atom. The predicted molar refractivity (Wildman–Crippen MR) is 54.4 cm³/mol. The lowest BCUT2D eigenvalue weighted by atomic mass is 10.6. The highest BCUT2D eigenvalue weighted by molar-refractivity contribution is 4.51. The molecule has 0 heterocycles. The Labute approximate surface area is 67.7 Å². The first-order valence-corrected chi connectivity index (χ1v) is 3.90. The summed E-state index contributed by atoms with van der Waals surface area (Å²) in [5.74, 6) is 0. The van der Waals surface area contributed by atoms with Gasteiger partial charge in [-0.05, 0) is 6.92 Å². The van der Waals surface area contributed by atoms with Crippen LogP contribution in [0.2, 0.25) is 0 Å². The molecule has 10 heavy (non-hydrogen) atoms. The average molecular weight is 144 g/mol. The van der Waals surface area contributed by atoms with Crippen LogP contribution in [-0.4, -0.2) is 0 Å². The number of rotatable bonds is 0. The van der Waals surface area contributed by atoms with Gasteiger partial charge in [0.15, 0.2) is 0 Å². The number of hydrogen-bond acceptors (Lipinski definition) is 0. The van der Waals surface area contributed by atoms with E-state index in [0.717, 1.165) is 0 Å². The Morgan fingerprint density at radius 3 is 1.10 bits per heavy atom. The van der Waals surface area contributed by atoms with Crippen molar-refractivity contribution in [3.8, 4) is 0 Å². The van der Waals surface area contributed by atoms with Gasteiger partial charge in [0.05, 0.1) is 0 Å². The Morgan fingerprint density at radius 1 is 1.10 bits per heavy atom. The molecule has 0 fully saturated rings. The van der Waals surface area contributed by atoms with Gasteiger partial charge in [-0.3, -0.25) is 0 Å². The van der Waals surface area contributed by atoms with E-state index in [2.05, 4.69) is 33.6 Å². The molecule has 64 valence electrons. The zero-order valence-electron chi connectivity index (χ0n) is 8.41. The minimum absolute atomic E-state index is 1.25. The monoisotopic (exact) mass is 144 g/mol. The fourth-order valence-electron chi connectivity index (χ4n) is 0. The molecular weight excluding hydrogens is 120 g/mol. The molecule has 0 nitrogen and oxygen atoms in total. The lowest BCUT2D eigenvalue weighted by molar-refractivity contribution is 1.09. The van der Waals surface area contributed by atoms with Gasteiger partial charge in [0.1, 0.15) is 0 Å². The van der Waals surface area contributed by atoms with Gasteiger partial charge in [0.25, 0.3) is 0 Å². The minimum atomic E-state index is 1.25. The van der Waals surface area contributed by atoms with E-state index in [4.69, 9.17) is 0 Å². The molecule has 0 saturated carbocycles. The fraction of sp³-hybridized carbons (Fsp3) is 0.600. The van der Waals surface area contributed by atoms with E-state index in [1.807, 2.05) is 20.8 Å². The predicted octanol–water partition coefficient (Wildman–Crippen LogP) is 4.44. The van der Waals surface area contributed by atoms with Crippen LogP contribution in [0.4, 0.5) is 0 Å². The molecule has 0 rings (SSSR count). The van der Waals surface area contributed by atoms with Gasteiger partial charge in [0.2, 0.25) is 0 Å². The third kappa shape index (κ3) is 1160. The van der Waals surface area contributed by atoms with Gasteiger partial charge >= 0.3 is 0 Å². The third-order valence-corrected chi connectivity index (χ3v) is 0. The third-order valence-electron chi connectivity index (χ3n) is 0. The van der Waals surface area contributed by atoms with Crippen molar-refractivity contribution in [2.75, 3.05) is 0 Å². The molecule has 0 saturated heterocycles. The van der Waals surface area contributed by atoms with Crippen molar-refractivity contribution < 1.29 is 0 Å². The Balaban J connectivity index is -0.0000000246. The lowest BCUT2D eigenvalue weighted by Gasteiger charge is -1.48. The molecule has 0 bridgehead atoms. The molecule has 0 aliphatic heterocycles. The maximum Gasteiger partial charge on any atom is -0.0473 e. The molecule has 0 spiro atoms. The topological polar surface area (TPSA) is 0 Å². The second kappa shape index (κ2) is 217. The highest BCUT2D eigenvalue weighted by Crippen LogP contribution is 1.56. The van der Waals surface area contributed by atoms with E-state index in [1.54, 1.807) is 6.08 Å². The van der Waals surface area contributed by atoms with Gasteiger partial charge in [-0.2, -0.15) is 0 Å². The number of allylic oxidation sites excluding steroid dienone is 1. The van der Waals surface area contributed by atoms with Crippen LogP contribution < -0.4 is 0 Å². The van der Waals surface area contributed by atoms with E-state index >= 15 is 0 Å². The highest BCUT2D eigenvalue weighted by atomic mass is 13.4. The first kappa shape index (κ1) is 22.7.